The molecule has 0 aliphatic rings. The van der Waals surface area contributed by atoms with Gasteiger partial charge in [-0.1, -0.05) is 0 Å². The number of rotatable bonds is 7. The monoisotopic (exact) mass is 277 g/mol. The molecule has 1 heterocycles. The van der Waals surface area contributed by atoms with E-state index in [4.69, 9.17) is 9.15 Å². The smallest absolute Gasteiger partial charge is 0.123 e. The molecule has 1 unspecified atom stereocenters. The number of furan rings is 1. The van der Waals surface area contributed by atoms with E-state index in [0.29, 0.717) is 12.4 Å². The lowest BCUT2D eigenvalue weighted by Gasteiger charge is -2.11. The molecular formula is C16H20FNO2. The Morgan fingerprint density at radius 1 is 1.20 bits per heavy atom. The van der Waals surface area contributed by atoms with Crippen LogP contribution in [0.2, 0.25) is 0 Å². The number of benzene rings is 1. The molecule has 2 aromatic rings. The fraction of sp³-hybridized carbons (Fsp3) is 0.375. The molecule has 3 nitrogen and oxygen atoms in total. The highest BCUT2D eigenvalue weighted by Crippen LogP contribution is 2.15. The van der Waals surface area contributed by atoms with E-state index >= 15 is 0 Å². The molecule has 2 rings (SSSR count). The Bertz CT molecular complexity index is 522. The van der Waals surface area contributed by atoms with Crippen LogP contribution in [0.15, 0.2) is 40.8 Å². The van der Waals surface area contributed by atoms with Gasteiger partial charge in [-0.15, -0.1) is 0 Å². The third-order valence-electron chi connectivity index (χ3n) is 3.04. The summed E-state index contributed by atoms with van der Waals surface area (Å²) in [5.41, 5.74) is 0. The molecule has 0 spiro atoms. The van der Waals surface area contributed by atoms with Gasteiger partial charge in [0.2, 0.25) is 0 Å². The van der Waals surface area contributed by atoms with Crippen molar-refractivity contribution in [2.45, 2.75) is 26.3 Å². The Morgan fingerprint density at radius 3 is 2.60 bits per heavy atom. The zero-order valence-corrected chi connectivity index (χ0v) is 11.9. The predicted octanol–water partition coefficient (Wildman–Crippen LogP) is 3.85. The number of nitrogens with one attached hydrogen (secondary N) is 1. The Balaban J connectivity index is 1.63. The molecular weight excluding hydrogens is 257 g/mol. The highest BCUT2D eigenvalue weighted by molar-refractivity contribution is 5.21. The lowest BCUT2D eigenvalue weighted by atomic mass is 10.2. The van der Waals surface area contributed by atoms with Gasteiger partial charge in [-0.05, 0) is 63.2 Å². The van der Waals surface area contributed by atoms with Gasteiger partial charge >= 0.3 is 0 Å². The first-order valence-electron chi connectivity index (χ1n) is 6.83. The van der Waals surface area contributed by atoms with Crippen LogP contribution < -0.4 is 10.1 Å². The Kier molecular flexibility index (Phi) is 5.18. The molecule has 0 aliphatic heterocycles. The Hall–Kier alpha value is -1.81. The van der Waals surface area contributed by atoms with Crippen molar-refractivity contribution in [3.05, 3.63) is 53.7 Å². The zero-order chi connectivity index (χ0) is 14.4. The molecule has 108 valence electrons. The number of ether oxygens (including phenoxy) is 1. The first-order chi connectivity index (χ1) is 9.65. The lowest BCUT2D eigenvalue weighted by Crippen LogP contribution is -2.21. The molecule has 4 heteroatoms. The van der Waals surface area contributed by atoms with Gasteiger partial charge < -0.3 is 14.5 Å². The SMILES string of the molecule is Cc1ccc(C(C)NCCCOc2ccc(F)cc2)o1. The maximum absolute atomic E-state index is 12.7. The zero-order valence-electron chi connectivity index (χ0n) is 11.9. The molecule has 0 bridgehead atoms. The third-order valence-corrected chi connectivity index (χ3v) is 3.04. The number of halogens is 1. The van der Waals surface area contributed by atoms with E-state index in [2.05, 4.69) is 12.2 Å². The second-order valence-electron chi connectivity index (χ2n) is 4.78. The molecule has 0 fully saturated rings. The van der Waals surface area contributed by atoms with Crippen LogP contribution in [0.4, 0.5) is 4.39 Å². The van der Waals surface area contributed by atoms with Crippen molar-refractivity contribution in [1.82, 2.24) is 5.32 Å². The van der Waals surface area contributed by atoms with Crippen molar-refractivity contribution >= 4 is 0 Å². The molecule has 1 N–H and O–H groups in total. The minimum Gasteiger partial charge on any atom is -0.494 e. The summed E-state index contributed by atoms with van der Waals surface area (Å²) >= 11 is 0. The van der Waals surface area contributed by atoms with Crippen molar-refractivity contribution in [1.29, 1.82) is 0 Å². The molecule has 20 heavy (non-hydrogen) atoms. The van der Waals surface area contributed by atoms with E-state index in [1.165, 1.54) is 12.1 Å². The van der Waals surface area contributed by atoms with Crippen LogP contribution in [-0.2, 0) is 0 Å². The predicted molar refractivity (Wildman–Crippen MR) is 76.4 cm³/mol. The van der Waals surface area contributed by atoms with Crippen LogP contribution in [0.1, 0.15) is 30.9 Å². The number of aryl methyl sites for hydroxylation is 1. The molecule has 1 aromatic carbocycles. The van der Waals surface area contributed by atoms with E-state index in [1.807, 2.05) is 19.1 Å². The minimum absolute atomic E-state index is 0.189. The molecule has 1 aromatic heterocycles. The second-order valence-corrected chi connectivity index (χ2v) is 4.78. The summed E-state index contributed by atoms with van der Waals surface area (Å²) in [6, 6.07) is 10.2. The molecule has 0 radical (unpaired) electrons. The van der Waals surface area contributed by atoms with Crippen molar-refractivity contribution in [2.75, 3.05) is 13.2 Å². The van der Waals surface area contributed by atoms with Crippen LogP contribution in [0, 0.1) is 12.7 Å². The molecule has 0 saturated heterocycles. The normalized spacial score (nSPS) is 12.3. The summed E-state index contributed by atoms with van der Waals surface area (Å²) in [5, 5.41) is 3.37. The molecule has 0 aliphatic carbocycles. The van der Waals surface area contributed by atoms with Gasteiger partial charge in [0.15, 0.2) is 0 Å². The number of hydrogen-bond donors (Lipinski definition) is 1. The van der Waals surface area contributed by atoms with Crippen molar-refractivity contribution in [3.63, 3.8) is 0 Å². The van der Waals surface area contributed by atoms with Gasteiger partial charge in [-0.3, -0.25) is 0 Å². The van der Waals surface area contributed by atoms with E-state index in [-0.39, 0.29) is 11.9 Å². The van der Waals surface area contributed by atoms with Crippen LogP contribution in [0.5, 0.6) is 5.75 Å². The average Bonchev–Trinajstić information content (AvgIpc) is 2.87. The summed E-state index contributed by atoms with van der Waals surface area (Å²) < 4.78 is 23.8. The molecule has 0 saturated carbocycles. The van der Waals surface area contributed by atoms with Crippen LogP contribution in [-0.4, -0.2) is 13.2 Å². The van der Waals surface area contributed by atoms with Gasteiger partial charge in [0.05, 0.1) is 12.6 Å². The summed E-state index contributed by atoms with van der Waals surface area (Å²) in [6.07, 6.45) is 0.876. The summed E-state index contributed by atoms with van der Waals surface area (Å²) in [4.78, 5) is 0. The van der Waals surface area contributed by atoms with Crippen LogP contribution >= 0.6 is 0 Å². The maximum Gasteiger partial charge on any atom is 0.123 e. The Labute approximate surface area is 118 Å². The topological polar surface area (TPSA) is 34.4 Å². The van der Waals surface area contributed by atoms with E-state index in [9.17, 15) is 4.39 Å². The van der Waals surface area contributed by atoms with E-state index in [0.717, 1.165) is 24.5 Å². The highest BCUT2D eigenvalue weighted by Gasteiger charge is 2.07. The van der Waals surface area contributed by atoms with Gasteiger partial charge in [0.25, 0.3) is 0 Å². The van der Waals surface area contributed by atoms with Crippen LogP contribution in [0.3, 0.4) is 0 Å². The summed E-state index contributed by atoms with van der Waals surface area (Å²) in [6.45, 7) is 5.44. The van der Waals surface area contributed by atoms with Crippen LogP contribution in [0.25, 0.3) is 0 Å². The minimum atomic E-state index is -0.249. The van der Waals surface area contributed by atoms with Crippen molar-refractivity contribution in [2.24, 2.45) is 0 Å². The lowest BCUT2D eigenvalue weighted by molar-refractivity contribution is 0.302. The average molecular weight is 277 g/mol. The first-order valence-corrected chi connectivity index (χ1v) is 6.83. The van der Waals surface area contributed by atoms with E-state index < -0.39 is 0 Å². The first kappa shape index (κ1) is 14.6. The van der Waals surface area contributed by atoms with Gasteiger partial charge in [-0.25, -0.2) is 4.39 Å². The van der Waals surface area contributed by atoms with Crippen molar-refractivity contribution in [3.8, 4) is 5.75 Å². The van der Waals surface area contributed by atoms with Gasteiger partial charge in [0, 0.05) is 0 Å². The van der Waals surface area contributed by atoms with E-state index in [1.54, 1.807) is 12.1 Å². The quantitative estimate of drug-likeness (QED) is 0.781. The number of hydrogen-bond acceptors (Lipinski definition) is 3. The Morgan fingerprint density at radius 2 is 1.95 bits per heavy atom. The highest BCUT2D eigenvalue weighted by atomic mass is 19.1. The largest absolute Gasteiger partial charge is 0.494 e. The summed E-state index contributed by atoms with van der Waals surface area (Å²) in [7, 11) is 0. The second kappa shape index (κ2) is 7.10. The molecule has 0 amide bonds. The fourth-order valence-corrected chi connectivity index (χ4v) is 1.90. The van der Waals surface area contributed by atoms with Crippen molar-refractivity contribution < 1.29 is 13.5 Å². The molecule has 1 atom stereocenters. The summed E-state index contributed by atoms with van der Waals surface area (Å²) in [5.74, 6) is 2.32. The van der Waals surface area contributed by atoms with Gasteiger partial charge in [-0.2, -0.15) is 0 Å². The fourth-order valence-electron chi connectivity index (χ4n) is 1.90. The third kappa shape index (κ3) is 4.38. The maximum atomic E-state index is 12.7. The van der Waals surface area contributed by atoms with Gasteiger partial charge in [0.1, 0.15) is 23.1 Å². The standard InChI is InChI=1S/C16H20FNO2/c1-12-4-9-16(20-12)13(2)18-10-3-11-19-15-7-5-14(17)6-8-15/h4-9,13,18H,3,10-11H2,1-2H3.